The van der Waals surface area contributed by atoms with E-state index in [2.05, 4.69) is 0 Å². The highest BCUT2D eigenvalue weighted by molar-refractivity contribution is 7.85. The first-order chi connectivity index (χ1) is 6.63. The van der Waals surface area contributed by atoms with Gasteiger partial charge in [0.2, 0.25) is 0 Å². The summed E-state index contributed by atoms with van der Waals surface area (Å²) in [7, 11) is -0.984. The monoisotopic (exact) mass is 210 g/mol. The Bertz CT molecular complexity index is 345. The number of aldehydes is 1. The maximum Gasteiger partial charge on any atom is 0.150 e. The summed E-state index contributed by atoms with van der Waals surface area (Å²) in [5, 5.41) is 0. The Morgan fingerprint density at radius 2 is 2.14 bits per heavy atom. The second kappa shape index (κ2) is 5.05. The predicted octanol–water partition coefficient (Wildman–Crippen LogP) is 2.26. The summed E-state index contributed by atoms with van der Waals surface area (Å²) in [5.41, 5.74) is 0.583. The lowest BCUT2D eigenvalue weighted by atomic mass is 10.2. The van der Waals surface area contributed by atoms with Crippen molar-refractivity contribution in [1.29, 1.82) is 0 Å². The summed E-state index contributed by atoms with van der Waals surface area (Å²) in [6, 6.07) is 6.96. The third kappa shape index (κ3) is 3.07. The molecule has 0 fully saturated rings. The minimum absolute atomic E-state index is 0.399. The molecule has 0 aromatic heterocycles. The van der Waals surface area contributed by atoms with Crippen LogP contribution < -0.4 is 0 Å². The van der Waals surface area contributed by atoms with Crippen LogP contribution >= 0.6 is 0 Å². The van der Waals surface area contributed by atoms with Crippen LogP contribution in [-0.4, -0.2) is 16.2 Å². The standard InChI is InChI=1S/C11H14O2S/c1-9(2)8-14(13)11-5-3-4-10(6-11)7-12/h3-7,9H,8H2,1-2H3/t14-/m1/s1. The van der Waals surface area contributed by atoms with Gasteiger partial charge in [0.15, 0.2) is 0 Å². The summed E-state index contributed by atoms with van der Waals surface area (Å²) < 4.78 is 11.7. The minimum atomic E-state index is -0.984. The van der Waals surface area contributed by atoms with Gasteiger partial charge in [-0.2, -0.15) is 0 Å². The highest BCUT2D eigenvalue weighted by Gasteiger charge is 2.06. The Kier molecular flexibility index (Phi) is 4.01. The van der Waals surface area contributed by atoms with Gasteiger partial charge < -0.3 is 0 Å². The van der Waals surface area contributed by atoms with Gasteiger partial charge >= 0.3 is 0 Å². The average molecular weight is 210 g/mol. The van der Waals surface area contributed by atoms with Crippen molar-refractivity contribution >= 4 is 17.1 Å². The molecule has 1 aromatic carbocycles. The van der Waals surface area contributed by atoms with Gasteiger partial charge in [0.25, 0.3) is 0 Å². The van der Waals surface area contributed by atoms with Gasteiger partial charge in [-0.1, -0.05) is 26.0 Å². The summed E-state index contributed by atoms with van der Waals surface area (Å²) >= 11 is 0. The Morgan fingerprint density at radius 1 is 1.43 bits per heavy atom. The van der Waals surface area contributed by atoms with E-state index in [1.165, 1.54) is 0 Å². The largest absolute Gasteiger partial charge is 0.298 e. The smallest absolute Gasteiger partial charge is 0.150 e. The molecule has 1 rings (SSSR count). The van der Waals surface area contributed by atoms with Crippen LogP contribution in [0.5, 0.6) is 0 Å². The van der Waals surface area contributed by atoms with Crippen LogP contribution in [0, 0.1) is 5.92 Å². The zero-order valence-corrected chi connectivity index (χ0v) is 9.21. The number of hydrogen-bond donors (Lipinski definition) is 0. The number of hydrogen-bond acceptors (Lipinski definition) is 2. The molecule has 2 nitrogen and oxygen atoms in total. The van der Waals surface area contributed by atoms with Crippen LogP contribution in [0.3, 0.4) is 0 Å². The van der Waals surface area contributed by atoms with Crippen LogP contribution in [0.1, 0.15) is 24.2 Å². The maximum absolute atomic E-state index is 11.7. The zero-order chi connectivity index (χ0) is 10.6. The van der Waals surface area contributed by atoms with E-state index < -0.39 is 10.8 Å². The number of rotatable bonds is 4. The van der Waals surface area contributed by atoms with Crippen molar-refractivity contribution in [2.24, 2.45) is 5.92 Å². The number of benzene rings is 1. The van der Waals surface area contributed by atoms with E-state index in [0.29, 0.717) is 17.2 Å². The second-order valence-corrected chi connectivity index (χ2v) is 5.09. The first kappa shape index (κ1) is 11.1. The van der Waals surface area contributed by atoms with Crippen molar-refractivity contribution in [3.63, 3.8) is 0 Å². The SMILES string of the molecule is CC(C)C[S@@](=O)c1cccc(C=O)c1. The lowest BCUT2D eigenvalue weighted by Gasteiger charge is -2.05. The molecular formula is C11H14O2S. The fourth-order valence-corrected chi connectivity index (χ4v) is 2.42. The molecular weight excluding hydrogens is 196 g/mol. The predicted molar refractivity (Wildman–Crippen MR) is 57.9 cm³/mol. The molecule has 0 N–H and O–H groups in total. The Labute approximate surface area is 86.8 Å². The molecule has 0 spiro atoms. The van der Waals surface area contributed by atoms with Gasteiger partial charge in [-0.25, -0.2) is 0 Å². The highest BCUT2D eigenvalue weighted by Crippen LogP contribution is 2.11. The lowest BCUT2D eigenvalue weighted by Crippen LogP contribution is -2.04. The molecule has 1 atom stereocenters. The molecule has 1 aromatic rings. The molecule has 14 heavy (non-hydrogen) atoms. The third-order valence-electron chi connectivity index (χ3n) is 1.74. The maximum atomic E-state index is 11.7. The van der Waals surface area contributed by atoms with Gasteiger partial charge in [-0.3, -0.25) is 9.00 Å². The Morgan fingerprint density at radius 3 is 2.71 bits per heavy atom. The quantitative estimate of drug-likeness (QED) is 0.714. The van der Waals surface area contributed by atoms with Crippen LogP contribution in [0.2, 0.25) is 0 Å². The molecule has 0 heterocycles. The highest BCUT2D eigenvalue weighted by atomic mass is 32.2. The van der Waals surface area contributed by atoms with Crippen molar-refractivity contribution in [2.75, 3.05) is 5.75 Å². The van der Waals surface area contributed by atoms with Crippen molar-refractivity contribution in [3.05, 3.63) is 29.8 Å². The Hall–Kier alpha value is -0.960. The summed E-state index contributed by atoms with van der Waals surface area (Å²) in [4.78, 5) is 11.2. The summed E-state index contributed by atoms with van der Waals surface area (Å²) in [6.45, 7) is 4.06. The van der Waals surface area contributed by atoms with Crippen LogP contribution in [0.15, 0.2) is 29.2 Å². The van der Waals surface area contributed by atoms with E-state index in [-0.39, 0.29) is 0 Å². The van der Waals surface area contributed by atoms with Crippen molar-refractivity contribution < 1.29 is 9.00 Å². The Balaban J connectivity index is 2.84. The molecule has 0 aliphatic heterocycles. The van der Waals surface area contributed by atoms with Gasteiger partial charge in [0.1, 0.15) is 6.29 Å². The first-order valence-corrected chi connectivity index (χ1v) is 5.89. The molecule has 0 amide bonds. The second-order valence-electron chi connectivity index (χ2n) is 3.60. The van der Waals surface area contributed by atoms with Crippen LogP contribution in [0.25, 0.3) is 0 Å². The minimum Gasteiger partial charge on any atom is -0.298 e. The summed E-state index contributed by atoms with van der Waals surface area (Å²) in [6.07, 6.45) is 0.774. The fraction of sp³-hybridized carbons (Fsp3) is 0.364. The van der Waals surface area contributed by atoms with E-state index in [1.54, 1.807) is 24.3 Å². The van der Waals surface area contributed by atoms with Crippen molar-refractivity contribution in [1.82, 2.24) is 0 Å². The normalized spacial score (nSPS) is 12.8. The third-order valence-corrected chi connectivity index (χ3v) is 3.49. The molecule has 0 saturated carbocycles. The van der Waals surface area contributed by atoms with E-state index in [4.69, 9.17) is 0 Å². The molecule has 0 unspecified atom stereocenters. The molecule has 76 valence electrons. The molecule has 0 aliphatic carbocycles. The van der Waals surface area contributed by atoms with Gasteiger partial charge in [0, 0.05) is 16.2 Å². The topological polar surface area (TPSA) is 34.1 Å². The fourth-order valence-electron chi connectivity index (χ4n) is 1.13. The van der Waals surface area contributed by atoms with Gasteiger partial charge in [0.05, 0.1) is 10.8 Å². The number of carbonyl (C=O) groups excluding carboxylic acids is 1. The van der Waals surface area contributed by atoms with E-state index in [1.807, 2.05) is 13.8 Å². The van der Waals surface area contributed by atoms with Crippen LogP contribution in [-0.2, 0) is 10.8 Å². The van der Waals surface area contributed by atoms with E-state index in [0.717, 1.165) is 11.2 Å². The summed E-state index contributed by atoms with van der Waals surface area (Å²) in [5.74, 6) is 1.04. The zero-order valence-electron chi connectivity index (χ0n) is 8.40. The molecule has 0 saturated heterocycles. The lowest BCUT2D eigenvalue weighted by molar-refractivity contribution is 0.112. The van der Waals surface area contributed by atoms with E-state index in [9.17, 15) is 9.00 Å². The first-order valence-electron chi connectivity index (χ1n) is 4.57. The van der Waals surface area contributed by atoms with Crippen molar-refractivity contribution in [2.45, 2.75) is 18.7 Å². The molecule has 0 radical (unpaired) electrons. The van der Waals surface area contributed by atoms with Gasteiger partial charge in [-0.15, -0.1) is 0 Å². The van der Waals surface area contributed by atoms with Gasteiger partial charge in [-0.05, 0) is 18.1 Å². The van der Waals surface area contributed by atoms with E-state index >= 15 is 0 Å². The van der Waals surface area contributed by atoms with Crippen LogP contribution in [0.4, 0.5) is 0 Å². The number of carbonyl (C=O) groups is 1. The van der Waals surface area contributed by atoms with Crippen molar-refractivity contribution in [3.8, 4) is 0 Å². The molecule has 0 aliphatic rings. The molecule has 0 bridgehead atoms. The average Bonchev–Trinajstić information content (AvgIpc) is 2.17. The molecule has 3 heteroatoms.